The zero-order valence-corrected chi connectivity index (χ0v) is 13.2. The van der Waals surface area contributed by atoms with Crippen molar-refractivity contribution in [1.82, 2.24) is 9.97 Å². The number of nitrogens with zero attached hydrogens (tertiary/aromatic N) is 2. The average Bonchev–Trinajstić information content (AvgIpc) is 2.90. The fourth-order valence-corrected chi connectivity index (χ4v) is 3.40. The monoisotopic (exact) mass is 315 g/mol. The number of pyridine rings is 1. The topological polar surface area (TPSA) is 54.9 Å². The number of carbonyl (C=O) groups is 1. The molecule has 0 saturated heterocycles. The maximum absolute atomic E-state index is 12.2. The summed E-state index contributed by atoms with van der Waals surface area (Å²) in [7, 11) is 0. The molecule has 106 valence electrons. The van der Waals surface area contributed by atoms with Crippen LogP contribution >= 0.6 is 23.1 Å². The van der Waals surface area contributed by atoms with Crippen LogP contribution in [0.25, 0.3) is 10.2 Å². The fraction of sp³-hybridized carbons (Fsp3) is 0.133. The Hall–Kier alpha value is -1.92. The van der Waals surface area contributed by atoms with E-state index < -0.39 is 0 Å². The number of carbonyl (C=O) groups excluding carboxylic acids is 1. The number of thioether (sulfide) groups is 1. The Kier molecular flexibility index (Phi) is 3.90. The third-order valence-corrected chi connectivity index (χ3v) is 4.98. The van der Waals surface area contributed by atoms with E-state index in [4.69, 9.17) is 0 Å². The third-order valence-electron chi connectivity index (χ3n) is 2.97. The Bertz CT molecular complexity index is 796. The first-order valence-electron chi connectivity index (χ1n) is 6.34. The van der Waals surface area contributed by atoms with E-state index in [0.717, 1.165) is 25.9 Å². The van der Waals surface area contributed by atoms with E-state index in [1.807, 2.05) is 37.4 Å². The van der Waals surface area contributed by atoms with E-state index in [0.29, 0.717) is 5.56 Å². The lowest BCUT2D eigenvalue weighted by molar-refractivity contribution is 0.102. The van der Waals surface area contributed by atoms with Crippen LogP contribution < -0.4 is 5.32 Å². The number of nitrogens with one attached hydrogen (secondary N) is 1. The van der Waals surface area contributed by atoms with Crippen LogP contribution in [-0.2, 0) is 0 Å². The number of fused-ring (bicyclic) bond motifs is 1. The van der Waals surface area contributed by atoms with Gasteiger partial charge in [-0.1, -0.05) is 11.8 Å². The predicted molar refractivity (Wildman–Crippen MR) is 88.3 cm³/mol. The molecule has 0 fully saturated rings. The third kappa shape index (κ3) is 3.06. The Morgan fingerprint density at radius 1 is 1.29 bits per heavy atom. The molecular formula is C15H13N3OS2. The molecule has 0 atom stereocenters. The van der Waals surface area contributed by atoms with Crippen LogP contribution in [-0.4, -0.2) is 22.1 Å². The summed E-state index contributed by atoms with van der Waals surface area (Å²) in [5.74, 6) is -0.156. The molecule has 6 heteroatoms. The minimum atomic E-state index is -0.156. The molecule has 4 nitrogen and oxygen atoms in total. The minimum absolute atomic E-state index is 0.156. The quantitative estimate of drug-likeness (QED) is 0.743. The van der Waals surface area contributed by atoms with Gasteiger partial charge in [-0.3, -0.25) is 9.78 Å². The minimum Gasteiger partial charge on any atom is -0.322 e. The van der Waals surface area contributed by atoms with Crippen LogP contribution in [0.5, 0.6) is 0 Å². The largest absolute Gasteiger partial charge is 0.322 e. The standard InChI is InChI=1S/C15H13N3OS2/c1-9-3-4-10(8-16-9)14(19)17-11-5-6-12-13(7-11)21-15(18-12)20-2/h3-8H,1-2H3,(H,17,19). The second kappa shape index (κ2) is 5.83. The summed E-state index contributed by atoms with van der Waals surface area (Å²) in [6.45, 7) is 1.89. The Morgan fingerprint density at radius 2 is 2.14 bits per heavy atom. The molecule has 1 aromatic carbocycles. The highest BCUT2D eigenvalue weighted by Crippen LogP contribution is 2.30. The SMILES string of the molecule is CSc1nc2ccc(NC(=O)c3ccc(C)nc3)cc2s1. The van der Waals surface area contributed by atoms with Crippen LogP contribution in [0.4, 0.5) is 5.69 Å². The molecule has 3 rings (SSSR count). The number of aryl methyl sites for hydroxylation is 1. The number of benzene rings is 1. The van der Waals surface area contributed by atoms with Gasteiger partial charge in [0.15, 0.2) is 4.34 Å². The van der Waals surface area contributed by atoms with Gasteiger partial charge < -0.3 is 5.32 Å². The number of anilines is 1. The molecule has 0 radical (unpaired) electrons. The van der Waals surface area contributed by atoms with Crippen molar-refractivity contribution in [3.63, 3.8) is 0 Å². The van der Waals surface area contributed by atoms with Gasteiger partial charge in [0.1, 0.15) is 0 Å². The predicted octanol–water partition coefficient (Wildman–Crippen LogP) is 3.97. The smallest absolute Gasteiger partial charge is 0.257 e. The fourth-order valence-electron chi connectivity index (χ4n) is 1.87. The summed E-state index contributed by atoms with van der Waals surface area (Å²) in [4.78, 5) is 20.8. The van der Waals surface area contributed by atoms with Crippen molar-refractivity contribution in [2.75, 3.05) is 11.6 Å². The van der Waals surface area contributed by atoms with Crippen molar-refractivity contribution >= 4 is 44.9 Å². The number of aromatic nitrogens is 2. The normalized spacial score (nSPS) is 10.8. The summed E-state index contributed by atoms with van der Waals surface area (Å²) < 4.78 is 2.09. The van der Waals surface area contributed by atoms with Crippen LogP contribution in [0, 0.1) is 6.92 Å². The molecule has 21 heavy (non-hydrogen) atoms. The van der Waals surface area contributed by atoms with Gasteiger partial charge in [0, 0.05) is 17.6 Å². The molecule has 2 aromatic heterocycles. The zero-order valence-electron chi connectivity index (χ0n) is 11.6. The molecule has 2 heterocycles. The first kappa shape index (κ1) is 14.0. The molecule has 0 unspecified atom stereocenters. The van der Waals surface area contributed by atoms with Crippen LogP contribution in [0.15, 0.2) is 40.9 Å². The first-order chi connectivity index (χ1) is 10.2. The van der Waals surface area contributed by atoms with E-state index in [9.17, 15) is 4.79 Å². The number of hydrogen-bond donors (Lipinski definition) is 1. The number of thiazole rings is 1. The van der Waals surface area contributed by atoms with Crippen molar-refractivity contribution in [3.8, 4) is 0 Å². The van der Waals surface area contributed by atoms with Gasteiger partial charge in [-0.25, -0.2) is 4.98 Å². The van der Waals surface area contributed by atoms with Crippen molar-refractivity contribution < 1.29 is 4.79 Å². The van der Waals surface area contributed by atoms with E-state index in [2.05, 4.69) is 15.3 Å². The highest BCUT2D eigenvalue weighted by atomic mass is 32.2. The lowest BCUT2D eigenvalue weighted by Crippen LogP contribution is -2.12. The molecule has 1 amide bonds. The molecule has 0 aliphatic heterocycles. The van der Waals surface area contributed by atoms with Gasteiger partial charge in [0.05, 0.1) is 15.8 Å². The molecular weight excluding hydrogens is 302 g/mol. The molecule has 0 spiro atoms. The van der Waals surface area contributed by atoms with Crippen molar-refractivity contribution in [2.45, 2.75) is 11.3 Å². The van der Waals surface area contributed by atoms with Crippen molar-refractivity contribution in [3.05, 3.63) is 47.8 Å². The van der Waals surface area contributed by atoms with Gasteiger partial charge in [-0.2, -0.15) is 0 Å². The summed E-state index contributed by atoms with van der Waals surface area (Å²) in [5, 5.41) is 2.89. The number of amides is 1. The van der Waals surface area contributed by atoms with E-state index >= 15 is 0 Å². The second-order valence-electron chi connectivity index (χ2n) is 4.51. The summed E-state index contributed by atoms with van der Waals surface area (Å²) >= 11 is 3.25. The maximum Gasteiger partial charge on any atom is 0.257 e. The van der Waals surface area contributed by atoms with Crippen LogP contribution in [0.2, 0.25) is 0 Å². The molecule has 0 bridgehead atoms. The summed E-state index contributed by atoms with van der Waals surface area (Å²) in [5.41, 5.74) is 3.17. The van der Waals surface area contributed by atoms with E-state index in [1.165, 1.54) is 0 Å². The van der Waals surface area contributed by atoms with Crippen molar-refractivity contribution in [1.29, 1.82) is 0 Å². The maximum atomic E-state index is 12.2. The van der Waals surface area contributed by atoms with Gasteiger partial charge in [-0.15, -0.1) is 11.3 Å². The lowest BCUT2D eigenvalue weighted by atomic mass is 10.2. The molecule has 0 aliphatic carbocycles. The second-order valence-corrected chi connectivity index (χ2v) is 6.59. The zero-order chi connectivity index (χ0) is 14.8. The van der Waals surface area contributed by atoms with E-state index in [1.54, 1.807) is 35.4 Å². The van der Waals surface area contributed by atoms with Crippen LogP contribution in [0.3, 0.4) is 0 Å². The number of rotatable bonds is 3. The van der Waals surface area contributed by atoms with Gasteiger partial charge in [0.25, 0.3) is 5.91 Å². The lowest BCUT2D eigenvalue weighted by Gasteiger charge is -2.05. The average molecular weight is 315 g/mol. The first-order valence-corrected chi connectivity index (χ1v) is 8.38. The van der Waals surface area contributed by atoms with E-state index in [-0.39, 0.29) is 5.91 Å². The Morgan fingerprint density at radius 3 is 2.86 bits per heavy atom. The molecule has 0 saturated carbocycles. The molecule has 3 aromatic rings. The summed E-state index contributed by atoms with van der Waals surface area (Å²) in [6.07, 6.45) is 3.59. The Balaban J connectivity index is 1.83. The van der Waals surface area contributed by atoms with Gasteiger partial charge >= 0.3 is 0 Å². The highest BCUT2D eigenvalue weighted by Gasteiger charge is 2.08. The number of hydrogen-bond acceptors (Lipinski definition) is 5. The molecule has 1 N–H and O–H groups in total. The van der Waals surface area contributed by atoms with Gasteiger partial charge in [0.2, 0.25) is 0 Å². The highest BCUT2D eigenvalue weighted by molar-refractivity contribution is 8.00. The van der Waals surface area contributed by atoms with Crippen LogP contribution in [0.1, 0.15) is 16.1 Å². The molecule has 0 aliphatic rings. The van der Waals surface area contributed by atoms with Crippen molar-refractivity contribution in [2.24, 2.45) is 0 Å². The Labute approximate surface area is 130 Å². The van der Waals surface area contributed by atoms with Gasteiger partial charge in [-0.05, 0) is 43.5 Å². The summed E-state index contributed by atoms with van der Waals surface area (Å²) in [6, 6.07) is 9.34.